The number of hydrogen-bond donors (Lipinski definition) is 1. The van der Waals surface area contributed by atoms with Crippen LogP contribution in [0.3, 0.4) is 0 Å². The number of carbonyl (C=O) groups excluding carboxylic acids is 2. The number of nitrogens with one attached hydrogen (secondary N) is 1. The molecule has 1 amide bonds. The van der Waals surface area contributed by atoms with E-state index < -0.39 is 17.8 Å². The predicted molar refractivity (Wildman–Crippen MR) is 68.3 cm³/mol. The van der Waals surface area contributed by atoms with Crippen molar-refractivity contribution in [1.29, 1.82) is 0 Å². The van der Waals surface area contributed by atoms with Gasteiger partial charge in [-0.05, 0) is 32.0 Å². The minimum absolute atomic E-state index is 0.0928. The third kappa shape index (κ3) is 4.11. The van der Waals surface area contributed by atoms with Crippen molar-refractivity contribution in [2.24, 2.45) is 0 Å². The van der Waals surface area contributed by atoms with Crippen LogP contribution in [0.25, 0.3) is 0 Å². The first-order valence-corrected chi connectivity index (χ1v) is 5.64. The van der Waals surface area contributed by atoms with Crippen molar-refractivity contribution in [3.8, 4) is 18.1 Å². The highest BCUT2D eigenvalue weighted by molar-refractivity contribution is 5.97. The fourth-order valence-corrected chi connectivity index (χ4v) is 1.41. The summed E-state index contributed by atoms with van der Waals surface area (Å²) in [5.41, 5.74) is 0.0941. The molecule has 19 heavy (non-hydrogen) atoms. The molecular weight excluding hydrogens is 249 g/mol. The van der Waals surface area contributed by atoms with Gasteiger partial charge in [0.25, 0.3) is 5.91 Å². The molecule has 1 unspecified atom stereocenters. The molecule has 4 nitrogen and oxygen atoms in total. The van der Waals surface area contributed by atoms with Crippen LogP contribution in [0.15, 0.2) is 18.2 Å². The van der Waals surface area contributed by atoms with Gasteiger partial charge in [-0.2, -0.15) is 0 Å². The number of ether oxygens (including phenoxy) is 1. The van der Waals surface area contributed by atoms with Gasteiger partial charge in [-0.3, -0.25) is 9.59 Å². The smallest absolute Gasteiger partial charge is 0.261 e. The van der Waals surface area contributed by atoms with Gasteiger partial charge in [0.1, 0.15) is 11.6 Å². The van der Waals surface area contributed by atoms with Crippen LogP contribution in [-0.4, -0.2) is 24.3 Å². The van der Waals surface area contributed by atoms with Crippen LogP contribution in [0.1, 0.15) is 24.2 Å². The van der Waals surface area contributed by atoms with Crippen molar-refractivity contribution < 1.29 is 18.7 Å². The maximum atomic E-state index is 13.1. The van der Waals surface area contributed by atoms with E-state index in [2.05, 4.69) is 11.2 Å². The molecule has 0 heterocycles. The van der Waals surface area contributed by atoms with Gasteiger partial charge in [0.15, 0.2) is 11.9 Å². The van der Waals surface area contributed by atoms with E-state index in [1.807, 2.05) is 0 Å². The fraction of sp³-hybridized carbons (Fsp3) is 0.286. The van der Waals surface area contributed by atoms with Crippen LogP contribution in [0.5, 0.6) is 5.75 Å². The summed E-state index contributed by atoms with van der Waals surface area (Å²) in [6.07, 6.45) is 4.18. The Labute approximate surface area is 111 Å². The first-order valence-electron chi connectivity index (χ1n) is 5.64. The standard InChI is InChI=1S/C14H14FNO3/c1-4-7-16-14(18)10(3)19-13-6-5-11(15)8-12(13)9(2)17/h1,5-6,8,10H,7H2,2-3H3,(H,16,18). The molecule has 1 atom stereocenters. The highest BCUT2D eigenvalue weighted by atomic mass is 19.1. The molecule has 0 saturated carbocycles. The zero-order chi connectivity index (χ0) is 14.4. The van der Waals surface area contributed by atoms with Gasteiger partial charge in [0.2, 0.25) is 0 Å². The normalized spacial score (nSPS) is 11.3. The molecule has 0 aliphatic rings. The van der Waals surface area contributed by atoms with Crippen LogP contribution in [0.4, 0.5) is 4.39 Å². The van der Waals surface area contributed by atoms with E-state index in [-0.39, 0.29) is 23.6 Å². The molecule has 1 rings (SSSR count). The van der Waals surface area contributed by atoms with Crippen LogP contribution in [-0.2, 0) is 4.79 Å². The SMILES string of the molecule is C#CCNC(=O)C(C)Oc1ccc(F)cc1C(C)=O. The van der Waals surface area contributed by atoms with E-state index in [9.17, 15) is 14.0 Å². The largest absolute Gasteiger partial charge is 0.480 e. The number of terminal acetylenes is 1. The number of rotatable bonds is 5. The van der Waals surface area contributed by atoms with E-state index in [1.165, 1.54) is 19.9 Å². The van der Waals surface area contributed by atoms with Crippen LogP contribution in [0, 0.1) is 18.2 Å². The Balaban J connectivity index is 2.85. The Hall–Kier alpha value is -2.35. The average Bonchev–Trinajstić information content (AvgIpc) is 2.37. The topological polar surface area (TPSA) is 55.4 Å². The zero-order valence-electron chi connectivity index (χ0n) is 10.7. The lowest BCUT2D eigenvalue weighted by atomic mass is 10.1. The first-order chi connectivity index (χ1) is 8.95. The zero-order valence-corrected chi connectivity index (χ0v) is 10.7. The van der Waals surface area contributed by atoms with Crippen molar-refractivity contribution in [3.05, 3.63) is 29.6 Å². The lowest BCUT2D eigenvalue weighted by Crippen LogP contribution is -2.36. The Kier molecular flexibility index (Phi) is 5.07. The molecule has 0 aliphatic carbocycles. The highest BCUT2D eigenvalue weighted by Crippen LogP contribution is 2.21. The summed E-state index contributed by atoms with van der Waals surface area (Å²) >= 11 is 0. The Morgan fingerprint density at radius 1 is 1.53 bits per heavy atom. The maximum Gasteiger partial charge on any atom is 0.261 e. The number of benzene rings is 1. The monoisotopic (exact) mass is 263 g/mol. The number of Topliss-reactive ketones (excluding diaryl/α,β-unsaturated/α-hetero) is 1. The van der Waals surface area contributed by atoms with Gasteiger partial charge in [0.05, 0.1) is 12.1 Å². The third-order valence-electron chi connectivity index (χ3n) is 2.36. The molecule has 0 saturated heterocycles. The summed E-state index contributed by atoms with van der Waals surface area (Å²) in [4.78, 5) is 22.9. The summed E-state index contributed by atoms with van der Waals surface area (Å²) in [5, 5.41) is 2.45. The van der Waals surface area contributed by atoms with E-state index in [0.717, 1.165) is 12.1 Å². The van der Waals surface area contributed by atoms with Gasteiger partial charge in [0, 0.05) is 0 Å². The quantitative estimate of drug-likeness (QED) is 0.647. The van der Waals surface area contributed by atoms with Gasteiger partial charge in [-0.15, -0.1) is 6.42 Å². The minimum Gasteiger partial charge on any atom is -0.480 e. The Morgan fingerprint density at radius 3 is 2.79 bits per heavy atom. The summed E-state index contributed by atoms with van der Waals surface area (Å²) in [6, 6.07) is 3.55. The highest BCUT2D eigenvalue weighted by Gasteiger charge is 2.17. The maximum absolute atomic E-state index is 13.1. The molecule has 100 valence electrons. The van der Waals surface area contributed by atoms with E-state index in [1.54, 1.807) is 0 Å². The second kappa shape index (κ2) is 6.55. The molecule has 0 radical (unpaired) electrons. The Bertz CT molecular complexity index is 534. The molecular formula is C14H14FNO3. The molecule has 0 aliphatic heterocycles. The number of ketones is 1. The molecule has 0 spiro atoms. The molecule has 1 N–H and O–H groups in total. The summed E-state index contributed by atoms with van der Waals surface area (Å²) in [7, 11) is 0. The predicted octanol–water partition coefficient (Wildman–Crippen LogP) is 1.54. The summed E-state index contributed by atoms with van der Waals surface area (Å²) in [6.45, 7) is 2.90. The van der Waals surface area contributed by atoms with Crippen molar-refractivity contribution in [2.75, 3.05) is 6.54 Å². The molecule has 5 heteroatoms. The van der Waals surface area contributed by atoms with Crippen molar-refractivity contribution in [2.45, 2.75) is 20.0 Å². The average molecular weight is 263 g/mol. The molecule has 1 aromatic carbocycles. The van der Waals surface area contributed by atoms with Crippen molar-refractivity contribution >= 4 is 11.7 Å². The van der Waals surface area contributed by atoms with Gasteiger partial charge in [-0.1, -0.05) is 5.92 Å². The van der Waals surface area contributed by atoms with Crippen molar-refractivity contribution in [1.82, 2.24) is 5.32 Å². The number of hydrogen-bond acceptors (Lipinski definition) is 3. The van der Waals surface area contributed by atoms with Crippen LogP contribution < -0.4 is 10.1 Å². The van der Waals surface area contributed by atoms with Crippen molar-refractivity contribution in [3.63, 3.8) is 0 Å². The van der Waals surface area contributed by atoms with E-state index in [4.69, 9.17) is 11.2 Å². The van der Waals surface area contributed by atoms with E-state index >= 15 is 0 Å². The molecule has 0 fully saturated rings. The number of carbonyl (C=O) groups is 2. The lowest BCUT2D eigenvalue weighted by molar-refractivity contribution is -0.127. The van der Waals surface area contributed by atoms with Crippen LogP contribution in [0.2, 0.25) is 0 Å². The van der Waals surface area contributed by atoms with Gasteiger partial charge < -0.3 is 10.1 Å². The second-order valence-corrected chi connectivity index (χ2v) is 3.88. The lowest BCUT2D eigenvalue weighted by Gasteiger charge is -2.15. The fourth-order valence-electron chi connectivity index (χ4n) is 1.41. The third-order valence-corrected chi connectivity index (χ3v) is 2.36. The van der Waals surface area contributed by atoms with Gasteiger partial charge >= 0.3 is 0 Å². The molecule has 0 aromatic heterocycles. The number of amides is 1. The van der Waals surface area contributed by atoms with Gasteiger partial charge in [-0.25, -0.2) is 4.39 Å². The second-order valence-electron chi connectivity index (χ2n) is 3.88. The summed E-state index contributed by atoms with van der Waals surface area (Å²) < 4.78 is 18.4. The summed E-state index contributed by atoms with van der Waals surface area (Å²) in [5.74, 6) is 1.14. The number of halogens is 1. The molecule has 0 bridgehead atoms. The first kappa shape index (κ1) is 14.7. The van der Waals surface area contributed by atoms with E-state index in [0.29, 0.717) is 0 Å². The van der Waals surface area contributed by atoms with Crippen LogP contribution >= 0.6 is 0 Å². The Morgan fingerprint density at radius 2 is 2.21 bits per heavy atom. The minimum atomic E-state index is -0.836. The molecule has 1 aromatic rings.